The molecule has 0 saturated heterocycles. The summed E-state index contributed by atoms with van der Waals surface area (Å²) in [6.07, 6.45) is 0.816. The molecular weight excluding hydrogens is 298 g/mol. The van der Waals surface area contributed by atoms with Crippen molar-refractivity contribution in [2.45, 2.75) is 13.3 Å². The van der Waals surface area contributed by atoms with Crippen LogP contribution in [0.25, 0.3) is 0 Å². The molecule has 1 N–H and O–H groups in total. The molecule has 0 spiro atoms. The van der Waals surface area contributed by atoms with Crippen molar-refractivity contribution in [3.8, 4) is 5.75 Å². The molecule has 0 aromatic heterocycles. The summed E-state index contributed by atoms with van der Waals surface area (Å²) in [5.41, 5.74) is 0. The molecule has 0 aliphatic rings. The summed E-state index contributed by atoms with van der Waals surface area (Å²) >= 11 is 3.34. The Morgan fingerprint density at radius 3 is 3.00 bits per heavy atom. The topological polar surface area (TPSA) is 47.6 Å². The predicted octanol–water partition coefficient (Wildman–Crippen LogP) is 2.37. The average Bonchev–Trinajstić information content (AvgIpc) is 2.36. The summed E-state index contributed by atoms with van der Waals surface area (Å²) in [6.45, 7) is 3.97. The molecule has 4 nitrogen and oxygen atoms in total. The van der Waals surface area contributed by atoms with E-state index in [0.29, 0.717) is 25.5 Å². The lowest BCUT2D eigenvalue weighted by atomic mass is 10.3. The maximum atomic E-state index is 11.4. The fourth-order valence-electron chi connectivity index (χ4n) is 1.30. The first kappa shape index (κ1) is 15.0. The van der Waals surface area contributed by atoms with Crippen LogP contribution in [0.2, 0.25) is 0 Å². The Labute approximate surface area is 116 Å². The Hall–Kier alpha value is -1.07. The van der Waals surface area contributed by atoms with Gasteiger partial charge in [-0.25, -0.2) is 0 Å². The Bertz CT molecular complexity index is 371. The van der Waals surface area contributed by atoms with Gasteiger partial charge in [-0.15, -0.1) is 0 Å². The standard InChI is InChI=1S/C13H18BrNO3/c1-2-17-8-4-7-15-13(16)10-18-12-6-3-5-11(14)9-12/h3,5-6,9H,2,4,7-8,10H2,1H3,(H,15,16). The maximum Gasteiger partial charge on any atom is 0.257 e. The normalized spacial score (nSPS) is 10.1. The van der Waals surface area contributed by atoms with E-state index in [1.165, 1.54) is 0 Å². The van der Waals surface area contributed by atoms with E-state index < -0.39 is 0 Å². The highest BCUT2D eigenvalue weighted by atomic mass is 79.9. The Balaban J connectivity index is 2.13. The van der Waals surface area contributed by atoms with Gasteiger partial charge in [0, 0.05) is 24.2 Å². The van der Waals surface area contributed by atoms with E-state index in [9.17, 15) is 4.79 Å². The van der Waals surface area contributed by atoms with E-state index >= 15 is 0 Å². The Morgan fingerprint density at radius 2 is 2.28 bits per heavy atom. The third-order valence-corrected chi connectivity index (χ3v) is 2.65. The smallest absolute Gasteiger partial charge is 0.257 e. The lowest BCUT2D eigenvalue weighted by Crippen LogP contribution is -2.30. The van der Waals surface area contributed by atoms with Crippen molar-refractivity contribution < 1.29 is 14.3 Å². The number of rotatable bonds is 8. The van der Waals surface area contributed by atoms with Crippen LogP contribution >= 0.6 is 15.9 Å². The molecule has 1 aromatic rings. The van der Waals surface area contributed by atoms with Crippen LogP contribution in [0.15, 0.2) is 28.7 Å². The molecule has 0 bridgehead atoms. The van der Waals surface area contributed by atoms with Gasteiger partial charge in [0.2, 0.25) is 0 Å². The third-order valence-electron chi connectivity index (χ3n) is 2.16. The second kappa shape index (κ2) is 8.94. The van der Waals surface area contributed by atoms with Crippen LogP contribution in [-0.2, 0) is 9.53 Å². The third kappa shape index (κ3) is 6.61. The number of hydrogen-bond donors (Lipinski definition) is 1. The van der Waals surface area contributed by atoms with Gasteiger partial charge in [0.1, 0.15) is 5.75 Å². The number of halogens is 1. The number of ether oxygens (including phenoxy) is 2. The lowest BCUT2D eigenvalue weighted by Gasteiger charge is -2.07. The molecule has 0 unspecified atom stereocenters. The first-order valence-corrected chi connectivity index (χ1v) is 6.74. The van der Waals surface area contributed by atoms with Crippen molar-refractivity contribution in [2.24, 2.45) is 0 Å². The highest BCUT2D eigenvalue weighted by Crippen LogP contribution is 2.17. The minimum Gasteiger partial charge on any atom is -0.484 e. The lowest BCUT2D eigenvalue weighted by molar-refractivity contribution is -0.123. The molecule has 100 valence electrons. The molecule has 0 aliphatic heterocycles. The minimum atomic E-state index is -0.119. The molecule has 0 radical (unpaired) electrons. The van der Waals surface area contributed by atoms with Crippen LogP contribution in [0.4, 0.5) is 0 Å². The number of benzene rings is 1. The number of nitrogens with one attached hydrogen (secondary N) is 1. The van der Waals surface area contributed by atoms with Crippen molar-refractivity contribution >= 4 is 21.8 Å². The molecule has 0 atom stereocenters. The molecule has 0 fully saturated rings. The SMILES string of the molecule is CCOCCCNC(=O)COc1cccc(Br)c1. The van der Waals surface area contributed by atoms with Crippen molar-refractivity contribution in [3.63, 3.8) is 0 Å². The van der Waals surface area contributed by atoms with E-state index in [1.807, 2.05) is 31.2 Å². The van der Waals surface area contributed by atoms with Crippen molar-refractivity contribution in [2.75, 3.05) is 26.4 Å². The molecule has 18 heavy (non-hydrogen) atoms. The highest BCUT2D eigenvalue weighted by molar-refractivity contribution is 9.10. The van der Waals surface area contributed by atoms with Crippen molar-refractivity contribution in [3.05, 3.63) is 28.7 Å². The summed E-state index contributed by atoms with van der Waals surface area (Å²) in [5.74, 6) is 0.556. The van der Waals surface area contributed by atoms with Crippen LogP contribution in [0.3, 0.4) is 0 Å². The second-order valence-electron chi connectivity index (χ2n) is 3.65. The van der Waals surface area contributed by atoms with Crippen LogP contribution in [0, 0.1) is 0 Å². The van der Waals surface area contributed by atoms with Crippen molar-refractivity contribution in [1.29, 1.82) is 0 Å². The van der Waals surface area contributed by atoms with Crippen LogP contribution < -0.4 is 10.1 Å². The summed E-state index contributed by atoms with van der Waals surface area (Å²) in [5, 5.41) is 2.77. The van der Waals surface area contributed by atoms with Gasteiger partial charge < -0.3 is 14.8 Å². The van der Waals surface area contributed by atoms with Gasteiger partial charge in [0.05, 0.1) is 0 Å². The van der Waals surface area contributed by atoms with Crippen LogP contribution in [0.5, 0.6) is 5.75 Å². The summed E-state index contributed by atoms with van der Waals surface area (Å²) in [4.78, 5) is 11.4. The van der Waals surface area contributed by atoms with Crippen LogP contribution in [-0.4, -0.2) is 32.3 Å². The van der Waals surface area contributed by atoms with Gasteiger partial charge in [0.25, 0.3) is 5.91 Å². The molecule has 1 aromatic carbocycles. The van der Waals surface area contributed by atoms with Crippen molar-refractivity contribution in [1.82, 2.24) is 5.32 Å². The molecular formula is C13H18BrNO3. The first-order chi connectivity index (χ1) is 8.72. The van der Waals surface area contributed by atoms with Gasteiger partial charge in [0.15, 0.2) is 6.61 Å². The fraction of sp³-hybridized carbons (Fsp3) is 0.462. The zero-order valence-corrected chi connectivity index (χ0v) is 12.0. The summed E-state index contributed by atoms with van der Waals surface area (Å²) in [7, 11) is 0. The fourth-order valence-corrected chi connectivity index (χ4v) is 1.68. The summed E-state index contributed by atoms with van der Waals surface area (Å²) in [6, 6.07) is 7.40. The largest absolute Gasteiger partial charge is 0.484 e. The molecule has 1 amide bonds. The monoisotopic (exact) mass is 315 g/mol. The van der Waals surface area contributed by atoms with Gasteiger partial charge >= 0.3 is 0 Å². The van der Waals surface area contributed by atoms with E-state index in [2.05, 4.69) is 21.2 Å². The minimum absolute atomic E-state index is 0.0328. The zero-order valence-electron chi connectivity index (χ0n) is 10.4. The van der Waals surface area contributed by atoms with E-state index in [0.717, 1.165) is 10.9 Å². The van der Waals surface area contributed by atoms with Gasteiger partial charge in [-0.05, 0) is 31.5 Å². The Morgan fingerprint density at radius 1 is 1.44 bits per heavy atom. The van der Waals surface area contributed by atoms with E-state index in [4.69, 9.17) is 9.47 Å². The number of amides is 1. The highest BCUT2D eigenvalue weighted by Gasteiger charge is 2.02. The van der Waals surface area contributed by atoms with E-state index in [1.54, 1.807) is 0 Å². The van der Waals surface area contributed by atoms with Crippen LogP contribution in [0.1, 0.15) is 13.3 Å². The zero-order chi connectivity index (χ0) is 13.2. The molecule has 1 rings (SSSR count). The molecule has 0 aliphatic carbocycles. The molecule has 0 saturated carbocycles. The number of carbonyl (C=O) groups is 1. The maximum absolute atomic E-state index is 11.4. The average molecular weight is 316 g/mol. The Kier molecular flexibility index (Phi) is 7.44. The van der Waals surface area contributed by atoms with Gasteiger partial charge in [-0.3, -0.25) is 4.79 Å². The van der Waals surface area contributed by atoms with E-state index in [-0.39, 0.29) is 12.5 Å². The first-order valence-electron chi connectivity index (χ1n) is 5.95. The second-order valence-corrected chi connectivity index (χ2v) is 4.56. The molecule has 0 heterocycles. The quantitative estimate of drug-likeness (QED) is 0.749. The van der Waals surface area contributed by atoms with Gasteiger partial charge in [-0.2, -0.15) is 0 Å². The number of carbonyl (C=O) groups excluding carboxylic acids is 1. The van der Waals surface area contributed by atoms with Gasteiger partial charge in [-0.1, -0.05) is 22.0 Å². The number of hydrogen-bond acceptors (Lipinski definition) is 3. The molecule has 5 heteroatoms. The summed E-state index contributed by atoms with van der Waals surface area (Å²) < 4.78 is 11.5. The predicted molar refractivity (Wildman–Crippen MR) is 73.8 cm³/mol.